The van der Waals surface area contributed by atoms with Crippen LogP contribution in [0.5, 0.6) is 0 Å². The van der Waals surface area contributed by atoms with Gasteiger partial charge < -0.3 is 9.84 Å². The fourth-order valence-corrected chi connectivity index (χ4v) is 2.71. The van der Waals surface area contributed by atoms with E-state index >= 15 is 0 Å². The van der Waals surface area contributed by atoms with Crippen LogP contribution in [0.1, 0.15) is 103 Å². The number of aliphatic hydroxyl groups is 1. The van der Waals surface area contributed by atoms with Gasteiger partial charge in [0.25, 0.3) is 0 Å². The van der Waals surface area contributed by atoms with Gasteiger partial charge in [-0.3, -0.25) is 0 Å². The molecule has 0 saturated heterocycles. The van der Waals surface area contributed by atoms with Crippen LogP contribution >= 0.6 is 0 Å². The summed E-state index contributed by atoms with van der Waals surface area (Å²) in [4.78, 5) is 0. The van der Waals surface area contributed by atoms with E-state index in [2.05, 4.69) is 13.0 Å². The highest BCUT2D eigenvalue weighted by molar-refractivity contribution is 4.73. The fourth-order valence-electron chi connectivity index (χ4n) is 2.71. The summed E-state index contributed by atoms with van der Waals surface area (Å²) < 4.78 is 5.07. The summed E-state index contributed by atoms with van der Waals surface area (Å²) in [6, 6.07) is 0. The Labute approximate surface area is 139 Å². The van der Waals surface area contributed by atoms with Gasteiger partial charge in [0.2, 0.25) is 0 Å². The van der Waals surface area contributed by atoms with Crippen molar-refractivity contribution in [3.05, 3.63) is 12.3 Å². The minimum Gasteiger partial charge on any atom is -0.499 e. The monoisotopic (exact) mass is 312 g/mol. The molecule has 0 heterocycles. The standard InChI is InChI=1S/C20H40O2/c1-2-3-4-5-6-7-8-9-10-11-12-13-14-15-16-17-19-22-20-18-21/h17,19,21H,2-16,18,20H2,1H3. The molecular formula is C20H40O2. The van der Waals surface area contributed by atoms with E-state index in [1.165, 1.54) is 89.9 Å². The van der Waals surface area contributed by atoms with Gasteiger partial charge in [-0.1, -0.05) is 90.4 Å². The lowest BCUT2D eigenvalue weighted by atomic mass is 10.0. The number of ether oxygens (including phenoxy) is 1. The zero-order chi connectivity index (χ0) is 16.1. The molecule has 132 valence electrons. The topological polar surface area (TPSA) is 29.5 Å². The van der Waals surface area contributed by atoms with Gasteiger partial charge in [0.1, 0.15) is 6.61 Å². The molecule has 0 rings (SSSR count). The van der Waals surface area contributed by atoms with Crippen molar-refractivity contribution in [3.8, 4) is 0 Å². The normalized spacial score (nSPS) is 11.4. The molecule has 0 bridgehead atoms. The van der Waals surface area contributed by atoms with Crippen molar-refractivity contribution >= 4 is 0 Å². The predicted octanol–water partition coefficient (Wildman–Crippen LogP) is 6.38. The average Bonchev–Trinajstić information content (AvgIpc) is 2.54. The molecule has 0 atom stereocenters. The Kier molecular flexibility index (Phi) is 20.0. The molecule has 0 saturated carbocycles. The van der Waals surface area contributed by atoms with Gasteiger partial charge in [0.15, 0.2) is 0 Å². The van der Waals surface area contributed by atoms with Crippen LogP contribution in [0.15, 0.2) is 12.3 Å². The van der Waals surface area contributed by atoms with Crippen LogP contribution in [0.3, 0.4) is 0 Å². The third kappa shape index (κ3) is 19.5. The van der Waals surface area contributed by atoms with E-state index in [1.54, 1.807) is 6.26 Å². The third-order valence-electron chi connectivity index (χ3n) is 4.13. The van der Waals surface area contributed by atoms with E-state index in [0.717, 1.165) is 6.42 Å². The van der Waals surface area contributed by atoms with Crippen LogP contribution in [-0.4, -0.2) is 18.3 Å². The number of hydrogen-bond donors (Lipinski definition) is 1. The molecule has 0 aromatic rings. The number of unbranched alkanes of at least 4 members (excludes halogenated alkanes) is 14. The maximum absolute atomic E-state index is 8.54. The Morgan fingerprint density at radius 2 is 1.14 bits per heavy atom. The first-order valence-electron chi connectivity index (χ1n) is 9.79. The summed E-state index contributed by atoms with van der Waals surface area (Å²) in [5.74, 6) is 0. The molecule has 0 amide bonds. The predicted molar refractivity (Wildman–Crippen MR) is 97.1 cm³/mol. The molecule has 0 aliphatic carbocycles. The van der Waals surface area contributed by atoms with Gasteiger partial charge in [-0.25, -0.2) is 0 Å². The zero-order valence-electron chi connectivity index (χ0n) is 15.0. The van der Waals surface area contributed by atoms with Gasteiger partial charge in [0.05, 0.1) is 12.9 Å². The van der Waals surface area contributed by atoms with Crippen LogP contribution in [-0.2, 0) is 4.74 Å². The largest absolute Gasteiger partial charge is 0.499 e. The molecular weight excluding hydrogens is 272 g/mol. The molecule has 0 fully saturated rings. The quantitative estimate of drug-likeness (QED) is 0.235. The molecule has 0 radical (unpaired) electrons. The fraction of sp³-hybridized carbons (Fsp3) is 0.900. The lowest BCUT2D eigenvalue weighted by molar-refractivity contribution is 0.165. The Morgan fingerprint density at radius 1 is 0.682 bits per heavy atom. The summed E-state index contributed by atoms with van der Waals surface area (Å²) in [5, 5.41) is 8.54. The molecule has 2 heteroatoms. The van der Waals surface area contributed by atoms with Crippen molar-refractivity contribution in [2.24, 2.45) is 0 Å². The average molecular weight is 313 g/mol. The summed E-state index contributed by atoms with van der Waals surface area (Å²) in [6.45, 7) is 2.79. The van der Waals surface area contributed by atoms with Crippen LogP contribution in [0, 0.1) is 0 Å². The molecule has 2 nitrogen and oxygen atoms in total. The first-order valence-corrected chi connectivity index (χ1v) is 9.79. The molecule has 0 aromatic heterocycles. The first kappa shape index (κ1) is 21.5. The van der Waals surface area contributed by atoms with Crippen LogP contribution in [0.25, 0.3) is 0 Å². The van der Waals surface area contributed by atoms with Crippen molar-refractivity contribution in [2.75, 3.05) is 13.2 Å². The highest BCUT2D eigenvalue weighted by Gasteiger charge is 1.93. The van der Waals surface area contributed by atoms with E-state index in [-0.39, 0.29) is 6.61 Å². The molecule has 1 N–H and O–H groups in total. The van der Waals surface area contributed by atoms with Gasteiger partial charge in [-0.05, 0) is 18.9 Å². The lowest BCUT2D eigenvalue weighted by Crippen LogP contribution is -1.91. The summed E-state index contributed by atoms with van der Waals surface area (Å²) in [7, 11) is 0. The maximum atomic E-state index is 8.54. The Hall–Kier alpha value is -0.500. The van der Waals surface area contributed by atoms with Crippen LogP contribution in [0.2, 0.25) is 0 Å². The molecule has 0 spiro atoms. The first-order chi connectivity index (χ1) is 10.9. The summed E-state index contributed by atoms with van der Waals surface area (Å²) in [5.41, 5.74) is 0. The molecule has 0 unspecified atom stereocenters. The molecule has 0 aromatic carbocycles. The smallest absolute Gasteiger partial charge is 0.110 e. The Bertz CT molecular complexity index is 214. The minimum atomic E-state index is 0.100. The van der Waals surface area contributed by atoms with E-state index < -0.39 is 0 Å². The van der Waals surface area contributed by atoms with Gasteiger partial charge in [-0.2, -0.15) is 0 Å². The molecule has 22 heavy (non-hydrogen) atoms. The number of aliphatic hydroxyl groups excluding tert-OH is 1. The van der Waals surface area contributed by atoms with E-state index in [9.17, 15) is 0 Å². The third-order valence-corrected chi connectivity index (χ3v) is 4.13. The van der Waals surface area contributed by atoms with Crippen molar-refractivity contribution in [1.29, 1.82) is 0 Å². The molecule has 0 aliphatic rings. The SMILES string of the molecule is CCCCCCCCCCCCCCCCC=COCCO. The van der Waals surface area contributed by atoms with Crippen LogP contribution < -0.4 is 0 Å². The van der Waals surface area contributed by atoms with Crippen molar-refractivity contribution < 1.29 is 9.84 Å². The Balaban J connectivity index is 2.98. The van der Waals surface area contributed by atoms with Crippen LogP contribution in [0.4, 0.5) is 0 Å². The maximum Gasteiger partial charge on any atom is 0.110 e. The highest BCUT2D eigenvalue weighted by Crippen LogP contribution is 2.13. The number of rotatable bonds is 18. The van der Waals surface area contributed by atoms with E-state index in [1.807, 2.05) is 0 Å². The highest BCUT2D eigenvalue weighted by atomic mass is 16.5. The Morgan fingerprint density at radius 3 is 1.59 bits per heavy atom. The van der Waals surface area contributed by atoms with Gasteiger partial charge >= 0.3 is 0 Å². The lowest BCUT2D eigenvalue weighted by Gasteiger charge is -2.02. The summed E-state index contributed by atoms with van der Waals surface area (Å²) >= 11 is 0. The zero-order valence-corrected chi connectivity index (χ0v) is 15.0. The second-order valence-corrected chi connectivity index (χ2v) is 6.35. The molecule has 0 aliphatic heterocycles. The number of hydrogen-bond acceptors (Lipinski definition) is 2. The van der Waals surface area contributed by atoms with E-state index in [0.29, 0.717) is 6.61 Å². The minimum absolute atomic E-state index is 0.100. The van der Waals surface area contributed by atoms with Crippen molar-refractivity contribution in [2.45, 2.75) is 103 Å². The van der Waals surface area contributed by atoms with Crippen molar-refractivity contribution in [1.82, 2.24) is 0 Å². The van der Waals surface area contributed by atoms with Crippen molar-refractivity contribution in [3.63, 3.8) is 0 Å². The second-order valence-electron chi connectivity index (χ2n) is 6.35. The van der Waals surface area contributed by atoms with Gasteiger partial charge in [-0.15, -0.1) is 0 Å². The second kappa shape index (κ2) is 20.5. The summed E-state index contributed by atoms with van der Waals surface area (Å²) in [6.07, 6.45) is 24.6. The van der Waals surface area contributed by atoms with Gasteiger partial charge in [0, 0.05) is 0 Å². The number of allylic oxidation sites excluding steroid dienone is 1. The van der Waals surface area contributed by atoms with E-state index in [4.69, 9.17) is 9.84 Å².